The molecule has 2 nitrogen and oxygen atoms in total. The van der Waals surface area contributed by atoms with Crippen molar-refractivity contribution in [3.8, 4) is 0 Å². The molecule has 0 radical (unpaired) electrons. The molecule has 0 saturated heterocycles. The van der Waals surface area contributed by atoms with E-state index in [-0.39, 0.29) is 0 Å². The highest BCUT2D eigenvalue weighted by atomic mass is 32.1. The van der Waals surface area contributed by atoms with E-state index in [0.717, 1.165) is 16.8 Å². The maximum absolute atomic E-state index is 5.53. The number of hydrogen-bond donors (Lipinski definition) is 2. The fraction of sp³-hybridized carbons (Fsp3) is 0.824. The molecule has 0 spiro atoms. The van der Waals surface area contributed by atoms with Gasteiger partial charge in [-0.3, -0.25) is 0 Å². The minimum atomic E-state index is 0.357. The van der Waals surface area contributed by atoms with Crippen LogP contribution < -0.4 is 10.6 Å². The summed E-state index contributed by atoms with van der Waals surface area (Å²) in [4.78, 5) is 0.934. The fourth-order valence-electron chi connectivity index (χ4n) is 5.36. The number of rotatable bonds is 4. The molecule has 4 aliphatic rings. The molecular formula is C17H26N2S. The van der Waals surface area contributed by atoms with Crippen molar-refractivity contribution in [2.24, 2.45) is 11.8 Å². The molecule has 0 heterocycles. The summed E-state index contributed by atoms with van der Waals surface area (Å²) in [6, 6.07) is 0. The Morgan fingerprint density at radius 2 is 1.45 bits per heavy atom. The molecule has 0 aliphatic heterocycles. The number of thiocarbonyl (C=S) groups is 1. The van der Waals surface area contributed by atoms with Crippen molar-refractivity contribution in [3.05, 3.63) is 12.3 Å². The van der Waals surface area contributed by atoms with Gasteiger partial charge in [0.2, 0.25) is 0 Å². The topological polar surface area (TPSA) is 24.1 Å². The Hall–Kier alpha value is -0.570. The summed E-state index contributed by atoms with van der Waals surface area (Å²) in [5, 5.41) is 7.33. The first-order valence-electron chi connectivity index (χ1n) is 8.44. The van der Waals surface area contributed by atoms with E-state index < -0.39 is 0 Å². The predicted octanol–water partition coefficient (Wildman–Crippen LogP) is 3.67. The Balaban J connectivity index is 1.30. The highest BCUT2D eigenvalue weighted by Crippen LogP contribution is 2.48. The third-order valence-corrected chi connectivity index (χ3v) is 6.73. The zero-order valence-corrected chi connectivity index (χ0v) is 13.1. The normalized spacial score (nSPS) is 45.4. The predicted molar refractivity (Wildman–Crippen MR) is 86.6 cm³/mol. The molecule has 20 heavy (non-hydrogen) atoms. The van der Waals surface area contributed by atoms with Crippen LogP contribution in [0.2, 0.25) is 0 Å². The van der Waals surface area contributed by atoms with Gasteiger partial charge >= 0.3 is 0 Å². The van der Waals surface area contributed by atoms with Crippen molar-refractivity contribution in [1.29, 1.82) is 0 Å². The Labute approximate surface area is 127 Å². The van der Waals surface area contributed by atoms with Crippen molar-refractivity contribution in [3.63, 3.8) is 0 Å². The molecule has 0 amide bonds. The molecule has 0 aromatic carbocycles. The molecule has 4 saturated carbocycles. The molecular weight excluding hydrogens is 264 g/mol. The second kappa shape index (κ2) is 4.72. The SMILES string of the molecule is S=C(C=CNC12CCC(CC1)C2)NC12CCC(CC1)C2. The van der Waals surface area contributed by atoms with Crippen molar-refractivity contribution >= 4 is 17.2 Å². The van der Waals surface area contributed by atoms with Gasteiger partial charge in [-0.2, -0.15) is 0 Å². The lowest BCUT2D eigenvalue weighted by molar-refractivity contribution is 0.366. The van der Waals surface area contributed by atoms with Gasteiger partial charge in [-0.15, -0.1) is 0 Å². The van der Waals surface area contributed by atoms with Gasteiger partial charge in [0.1, 0.15) is 4.99 Å². The van der Waals surface area contributed by atoms with Gasteiger partial charge in [-0.25, -0.2) is 0 Å². The quantitative estimate of drug-likeness (QED) is 0.610. The second-order valence-corrected chi connectivity index (χ2v) is 8.26. The number of nitrogens with one attached hydrogen (secondary N) is 2. The van der Waals surface area contributed by atoms with Crippen LogP contribution in [-0.2, 0) is 0 Å². The van der Waals surface area contributed by atoms with E-state index in [1.54, 1.807) is 0 Å². The van der Waals surface area contributed by atoms with E-state index in [1.807, 2.05) is 0 Å². The Bertz CT molecular complexity index is 426. The molecule has 2 N–H and O–H groups in total. The summed E-state index contributed by atoms with van der Waals surface area (Å²) in [6.45, 7) is 0. The van der Waals surface area contributed by atoms with E-state index >= 15 is 0 Å². The van der Waals surface area contributed by atoms with Gasteiger partial charge in [-0.05, 0) is 88.3 Å². The van der Waals surface area contributed by atoms with E-state index in [0.29, 0.717) is 11.1 Å². The van der Waals surface area contributed by atoms with Gasteiger partial charge in [-0.1, -0.05) is 12.2 Å². The molecule has 4 bridgehead atoms. The standard InChI is InChI=1S/C17H26N2S/c20-15(19-17-8-3-14(12-17)4-9-17)5-10-18-16-6-1-13(11-16)2-7-16/h5,10,13-14,18H,1-4,6-9,11-12H2,(H,19,20). The van der Waals surface area contributed by atoms with Crippen LogP contribution in [0.25, 0.3) is 0 Å². The summed E-state index contributed by atoms with van der Waals surface area (Å²) < 4.78 is 0. The van der Waals surface area contributed by atoms with Gasteiger partial charge in [0.25, 0.3) is 0 Å². The van der Waals surface area contributed by atoms with Crippen LogP contribution in [-0.4, -0.2) is 16.1 Å². The van der Waals surface area contributed by atoms with Crippen LogP contribution in [0.15, 0.2) is 12.3 Å². The molecule has 4 rings (SSSR count). The molecule has 0 atom stereocenters. The van der Waals surface area contributed by atoms with Crippen LogP contribution in [0.3, 0.4) is 0 Å². The van der Waals surface area contributed by atoms with Crippen LogP contribution in [0.4, 0.5) is 0 Å². The summed E-state index contributed by atoms with van der Waals surface area (Å²) >= 11 is 5.53. The summed E-state index contributed by atoms with van der Waals surface area (Å²) in [5.41, 5.74) is 0.775. The van der Waals surface area contributed by atoms with E-state index in [4.69, 9.17) is 12.2 Å². The fourth-order valence-corrected chi connectivity index (χ4v) is 5.64. The molecule has 4 aliphatic carbocycles. The van der Waals surface area contributed by atoms with Gasteiger partial charge in [0.05, 0.1) is 0 Å². The summed E-state index contributed by atoms with van der Waals surface area (Å²) in [7, 11) is 0. The molecule has 4 fully saturated rings. The Kier molecular flexibility index (Phi) is 3.10. The lowest BCUT2D eigenvalue weighted by atomic mass is 9.93. The van der Waals surface area contributed by atoms with Crippen LogP contribution >= 0.6 is 12.2 Å². The van der Waals surface area contributed by atoms with Crippen molar-refractivity contribution < 1.29 is 0 Å². The van der Waals surface area contributed by atoms with Crippen LogP contribution in [0, 0.1) is 11.8 Å². The maximum Gasteiger partial charge on any atom is 0.101 e. The lowest BCUT2D eigenvalue weighted by Gasteiger charge is -2.29. The largest absolute Gasteiger partial charge is 0.385 e. The monoisotopic (exact) mass is 290 g/mol. The Morgan fingerprint density at radius 1 is 0.900 bits per heavy atom. The Morgan fingerprint density at radius 3 is 1.95 bits per heavy atom. The van der Waals surface area contributed by atoms with Crippen molar-refractivity contribution in [2.75, 3.05) is 0 Å². The molecule has 0 aromatic rings. The smallest absolute Gasteiger partial charge is 0.101 e. The minimum absolute atomic E-state index is 0.357. The number of fused-ring (bicyclic) bond motifs is 4. The van der Waals surface area contributed by atoms with Crippen molar-refractivity contribution in [1.82, 2.24) is 10.6 Å². The third-order valence-electron chi connectivity index (χ3n) is 6.50. The van der Waals surface area contributed by atoms with Gasteiger partial charge < -0.3 is 10.6 Å². The molecule has 0 aromatic heterocycles. The van der Waals surface area contributed by atoms with E-state index in [9.17, 15) is 0 Å². The zero-order chi connectivity index (χ0) is 13.6. The van der Waals surface area contributed by atoms with Crippen LogP contribution in [0.5, 0.6) is 0 Å². The molecule has 0 unspecified atom stereocenters. The minimum Gasteiger partial charge on any atom is -0.385 e. The first kappa shape index (κ1) is 13.1. The third kappa shape index (κ3) is 2.28. The summed E-state index contributed by atoms with van der Waals surface area (Å²) in [6.07, 6.45) is 18.0. The highest BCUT2D eigenvalue weighted by Gasteiger charge is 2.45. The highest BCUT2D eigenvalue weighted by molar-refractivity contribution is 7.80. The molecule has 110 valence electrons. The number of hydrogen-bond acceptors (Lipinski definition) is 2. The first-order valence-corrected chi connectivity index (χ1v) is 8.84. The summed E-state index contributed by atoms with van der Waals surface area (Å²) in [5.74, 6) is 1.97. The average Bonchev–Trinajstić information content (AvgIpc) is 3.17. The molecule has 3 heteroatoms. The van der Waals surface area contributed by atoms with Gasteiger partial charge in [0.15, 0.2) is 0 Å². The average molecular weight is 290 g/mol. The van der Waals surface area contributed by atoms with Gasteiger partial charge in [0, 0.05) is 11.1 Å². The van der Waals surface area contributed by atoms with E-state index in [1.165, 1.54) is 64.2 Å². The second-order valence-electron chi connectivity index (χ2n) is 7.82. The van der Waals surface area contributed by atoms with E-state index in [2.05, 4.69) is 22.9 Å². The lowest BCUT2D eigenvalue weighted by Crippen LogP contribution is -2.44. The maximum atomic E-state index is 5.53. The van der Waals surface area contributed by atoms with Crippen LogP contribution in [0.1, 0.15) is 64.2 Å². The zero-order valence-electron chi connectivity index (χ0n) is 12.3. The van der Waals surface area contributed by atoms with Crippen molar-refractivity contribution in [2.45, 2.75) is 75.3 Å². The first-order chi connectivity index (χ1) is 9.67.